The van der Waals surface area contributed by atoms with Crippen LogP contribution in [0.15, 0.2) is 23.9 Å². The highest BCUT2D eigenvalue weighted by Crippen LogP contribution is 2.30. The molecule has 108 valence electrons. The highest BCUT2D eigenvalue weighted by Gasteiger charge is 2.12. The van der Waals surface area contributed by atoms with Gasteiger partial charge in [0.1, 0.15) is 22.6 Å². The number of aryl methyl sites for hydroxylation is 1. The molecule has 0 aliphatic carbocycles. The van der Waals surface area contributed by atoms with E-state index in [0.29, 0.717) is 11.4 Å². The maximum atomic E-state index is 5.44. The molecule has 0 amide bonds. The van der Waals surface area contributed by atoms with Crippen LogP contribution in [0.2, 0.25) is 0 Å². The molecule has 0 saturated heterocycles. The maximum Gasteiger partial charge on any atom is 0.181 e. The minimum atomic E-state index is 0.679. The molecule has 21 heavy (non-hydrogen) atoms. The number of thioether (sulfide) groups is 1. The molecular weight excluding hydrogens is 286 g/mol. The summed E-state index contributed by atoms with van der Waals surface area (Å²) in [6.07, 6.45) is 5.00. The lowest BCUT2D eigenvalue weighted by molar-refractivity contribution is 0.407. The van der Waals surface area contributed by atoms with Crippen molar-refractivity contribution in [2.75, 3.05) is 7.11 Å². The molecule has 0 atom stereocenters. The number of aromatic amines is 1. The van der Waals surface area contributed by atoms with E-state index in [0.717, 1.165) is 33.1 Å². The molecule has 3 rings (SSSR count). The zero-order chi connectivity index (χ0) is 14.8. The molecule has 0 bridgehead atoms. The fraction of sp³-hybridized carbons (Fsp3) is 0.286. The number of fused-ring (bicyclic) bond motifs is 1. The fourth-order valence-electron chi connectivity index (χ4n) is 2.21. The number of H-pyrrole nitrogens is 1. The lowest BCUT2D eigenvalue weighted by atomic mass is 10.1. The number of rotatable bonds is 4. The topological polar surface area (TPSA) is 76.6 Å². The van der Waals surface area contributed by atoms with Crippen LogP contribution in [0.4, 0.5) is 0 Å². The molecule has 0 aliphatic rings. The first kappa shape index (κ1) is 13.8. The summed E-state index contributed by atoms with van der Waals surface area (Å²) < 4.78 is 5.44. The molecule has 0 aromatic carbocycles. The van der Waals surface area contributed by atoms with Crippen LogP contribution in [-0.2, 0) is 5.75 Å². The van der Waals surface area contributed by atoms with Crippen molar-refractivity contribution in [3.8, 4) is 5.75 Å². The average Bonchev–Trinajstić information content (AvgIpc) is 2.96. The van der Waals surface area contributed by atoms with Gasteiger partial charge in [0.2, 0.25) is 0 Å². The number of nitrogens with one attached hydrogen (secondary N) is 1. The minimum Gasteiger partial charge on any atom is -0.496 e. The van der Waals surface area contributed by atoms with Crippen LogP contribution in [-0.4, -0.2) is 32.0 Å². The fourth-order valence-corrected chi connectivity index (χ4v) is 3.19. The van der Waals surface area contributed by atoms with Crippen LogP contribution in [0.25, 0.3) is 11.2 Å². The molecule has 1 N–H and O–H groups in total. The largest absolute Gasteiger partial charge is 0.496 e. The van der Waals surface area contributed by atoms with Crippen molar-refractivity contribution in [2.45, 2.75) is 24.6 Å². The van der Waals surface area contributed by atoms with Gasteiger partial charge >= 0.3 is 0 Å². The van der Waals surface area contributed by atoms with E-state index in [4.69, 9.17) is 4.74 Å². The first-order chi connectivity index (χ1) is 10.2. The molecule has 0 spiro atoms. The van der Waals surface area contributed by atoms with E-state index in [1.807, 2.05) is 20.0 Å². The Hall–Kier alpha value is -2.15. The van der Waals surface area contributed by atoms with Crippen LogP contribution in [0, 0.1) is 13.8 Å². The molecule has 6 nitrogen and oxygen atoms in total. The number of imidazole rings is 1. The lowest BCUT2D eigenvalue weighted by Crippen LogP contribution is -1.99. The van der Waals surface area contributed by atoms with E-state index in [2.05, 4.69) is 24.9 Å². The third-order valence-electron chi connectivity index (χ3n) is 3.28. The number of methoxy groups -OCH3 is 1. The van der Waals surface area contributed by atoms with Crippen molar-refractivity contribution in [3.63, 3.8) is 0 Å². The first-order valence-corrected chi connectivity index (χ1v) is 7.45. The summed E-state index contributed by atoms with van der Waals surface area (Å²) in [5.74, 6) is 1.61. The predicted molar refractivity (Wildman–Crippen MR) is 81.5 cm³/mol. The van der Waals surface area contributed by atoms with E-state index in [1.54, 1.807) is 25.2 Å². The summed E-state index contributed by atoms with van der Waals surface area (Å²) in [5, 5.41) is 0.873. The van der Waals surface area contributed by atoms with Gasteiger partial charge in [-0.3, -0.25) is 4.98 Å². The summed E-state index contributed by atoms with van der Waals surface area (Å²) in [4.78, 5) is 20.1. The Bertz CT molecular complexity index is 786. The molecule has 7 heteroatoms. The standard InChI is InChI=1S/C14H15N5OS/c1-8-4-15-10(9(2)12(8)20-3)5-21-14-11-13(17-6-16-11)18-7-19-14/h4,6-7H,5H2,1-3H3,(H,16,17,18,19). The molecule has 0 aliphatic heterocycles. The monoisotopic (exact) mass is 301 g/mol. The molecule has 3 heterocycles. The highest BCUT2D eigenvalue weighted by molar-refractivity contribution is 7.98. The molecule has 3 aromatic heterocycles. The number of ether oxygens (including phenoxy) is 1. The second-order valence-electron chi connectivity index (χ2n) is 4.61. The van der Waals surface area contributed by atoms with Crippen molar-refractivity contribution in [2.24, 2.45) is 0 Å². The zero-order valence-electron chi connectivity index (χ0n) is 12.0. The van der Waals surface area contributed by atoms with Crippen LogP contribution in [0.3, 0.4) is 0 Å². The summed E-state index contributed by atoms with van der Waals surface area (Å²) in [5.41, 5.74) is 4.65. The van der Waals surface area contributed by atoms with E-state index < -0.39 is 0 Å². The summed E-state index contributed by atoms with van der Waals surface area (Å²) in [6, 6.07) is 0. The first-order valence-electron chi connectivity index (χ1n) is 6.46. The average molecular weight is 301 g/mol. The number of hydrogen-bond donors (Lipinski definition) is 1. The Morgan fingerprint density at radius 1 is 1.19 bits per heavy atom. The molecular formula is C14H15N5OS. The third-order valence-corrected chi connectivity index (χ3v) is 4.28. The molecule has 3 aromatic rings. The molecule has 0 radical (unpaired) electrons. The zero-order valence-corrected chi connectivity index (χ0v) is 12.9. The Kier molecular flexibility index (Phi) is 3.74. The van der Waals surface area contributed by atoms with Gasteiger partial charge in [0.15, 0.2) is 5.65 Å². The van der Waals surface area contributed by atoms with Crippen LogP contribution < -0.4 is 4.74 Å². The van der Waals surface area contributed by atoms with Crippen molar-refractivity contribution < 1.29 is 4.74 Å². The van der Waals surface area contributed by atoms with Crippen molar-refractivity contribution in [1.82, 2.24) is 24.9 Å². The third kappa shape index (κ3) is 2.56. The van der Waals surface area contributed by atoms with E-state index in [-0.39, 0.29) is 0 Å². The summed E-state index contributed by atoms with van der Waals surface area (Å²) in [7, 11) is 1.69. The van der Waals surface area contributed by atoms with E-state index in [1.165, 1.54) is 6.33 Å². The van der Waals surface area contributed by atoms with Gasteiger partial charge in [0, 0.05) is 23.1 Å². The Morgan fingerprint density at radius 3 is 2.86 bits per heavy atom. The highest BCUT2D eigenvalue weighted by atomic mass is 32.2. The van der Waals surface area contributed by atoms with E-state index >= 15 is 0 Å². The molecule has 0 fully saturated rings. The minimum absolute atomic E-state index is 0.679. The summed E-state index contributed by atoms with van der Waals surface area (Å²) >= 11 is 1.61. The Morgan fingerprint density at radius 2 is 2.05 bits per heavy atom. The van der Waals surface area contributed by atoms with Gasteiger partial charge in [-0.05, 0) is 13.8 Å². The quantitative estimate of drug-likeness (QED) is 0.590. The van der Waals surface area contributed by atoms with Crippen LogP contribution >= 0.6 is 11.8 Å². The van der Waals surface area contributed by atoms with Crippen molar-refractivity contribution in [3.05, 3.63) is 35.7 Å². The maximum absolute atomic E-state index is 5.44. The van der Waals surface area contributed by atoms with Crippen molar-refractivity contribution >= 4 is 22.9 Å². The number of nitrogens with zero attached hydrogens (tertiary/aromatic N) is 4. The predicted octanol–water partition coefficient (Wildman–Crippen LogP) is 2.67. The molecule has 0 saturated carbocycles. The van der Waals surface area contributed by atoms with Gasteiger partial charge in [-0.15, -0.1) is 0 Å². The van der Waals surface area contributed by atoms with E-state index in [9.17, 15) is 0 Å². The number of pyridine rings is 1. The van der Waals surface area contributed by atoms with Crippen LogP contribution in [0.5, 0.6) is 5.75 Å². The van der Waals surface area contributed by atoms with Crippen LogP contribution in [0.1, 0.15) is 16.8 Å². The van der Waals surface area contributed by atoms with Gasteiger partial charge in [-0.2, -0.15) is 0 Å². The van der Waals surface area contributed by atoms with Gasteiger partial charge in [0.05, 0.1) is 19.1 Å². The summed E-state index contributed by atoms with van der Waals surface area (Å²) in [6.45, 7) is 4.02. The normalized spacial score (nSPS) is 11.0. The Balaban J connectivity index is 1.87. The SMILES string of the molecule is COc1c(C)cnc(CSc2ncnc3nc[nH]c23)c1C. The number of aromatic nitrogens is 5. The van der Waals surface area contributed by atoms with Gasteiger partial charge in [-0.25, -0.2) is 15.0 Å². The smallest absolute Gasteiger partial charge is 0.181 e. The number of hydrogen-bond acceptors (Lipinski definition) is 6. The molecule has 0 unspecified atom stereocenters. The second kappa shape index (κ2) is 5.69. The van der Waals surface area contributed by atoms with Gasteiger partial charge in [-0.1, -0.05) is 11.8 Å². The lowest BCUT2D eigenvalue weighted by Gasteiger charge is -2.11. The van der Waals surface area contributed by atoms with Gasteiger partial charge < -0.3 is 9.72 Å². The van der Waals surface area contributed by atoms with Gasteiger partial charge in [0.25, 0.3) is 0 Å². The van der Waals surface area contributed by atoms with Crippen molar-refractivity contribution in [1.29, 1.82) is 0 Å². The Labute approximate surface area is 126 Å². The second-order valence-corrected chi connectivity index (χ2v) is 5.58.